The fourth-order valence-electron chi connectivity index (χ4n) is 2.49. The van der Waals surface area contributed by atoms with Gasteiger partial charge in [0.25, 0.3) is 5.91 Å². The van der Waals surface area contributed by atoms with Crippen LogP contribution >= 0.6 is 0 Å². The molecule has 2 N–H and O–H groups in total. The predicted octanol–water partition coefficient (Wildman–Crippen LogP) is 3.78. The first-order valence-corrected chi connectivity index (χ1v) is 8.37. The Labute approximate surface area is 147 Å². The summed E-state index contributed by atoms with van der Waals surface area (Å²) in [5, 5.41) is 5.45. The summed E-state index contributed by atoms with van der Waals surface area (Å²) in [7, 11) is 0. The third-order valence-electron chi connectivity index (χ3n) is 3.96. The molecule has 0 saturated carbocycles. The maximum Gasteiger partial charge on any atom is 0.254 e. The number of benzene rings is 2. The molecule has 2 aromatic carbocycles. The number of nitrogens with one attached hydrogen (secondary N) is 2. The van der Waals surface area contributed by atoms with Gasteiger partial charge < -0.3 is 10.6 Å². The van der Waals surface area contributed by atoms with Crippen LogP contribution in [0.25, 0.3) is 0 Å². The molecule has 5 heteroatoms. The zero-order valence-electron chi connectivity index (χ0n) is 14.7. The fourth-order valence-corrected chi connectivity index (χ4v) is 2.49. The van der Waals surface area contributed by atoms with Gasteiger partial charge in [-0.05, 0) is 42.2 Å². The Morgan fingerprint density at radius 3 is 2.44 bits per heavy atom. The van der Waals surface area contributed by atoms with Crippen LogP contribution in [0.3, 0.4) is 0 Å². The molecule has 25 heavy (non-hydrogen) atoms. The van der Waals surface area contributed by atoms with Crippen molar-refractivity contribution >= 4 is 17.5 Å². The van der Waals surface area contributed by atoms with Crippen LogP contribution in [0.5, 0.6) is 0 Å². The normalized spacial score (nSPS) is 11.9. The Kier molecular flexibility index (Phi) is 6.28. The Morgan fingerprint density at radius 1 is 1.08 bits per heavy atom. The molecule has 1 unspecified atom stereocenters. The Hall–Kier alpha value is -2.69. The van der Waals surface area contributed by atoms with Crippen LogP contribution in [0, 0.1) is 11.7 Å². The van der Waals surface area contributed by atoms with Gasteiger partial charge in [-0.2, -0.15) is 0 Å². The first-order valence-electron chi connectivity index (χ1n) is 8.37. The molecule has 2 rings (SSSR count). The van der Waals surface area contributed by atoms with Crippen molar-refractivity contribution in [2.75, 3.05) is 5.32 Å². The molecular weight excluding hydrogens is 319 g/mol. The quantitative estimate of drug-likeness (QED) is 0.839. The van der Waals surface area contributed by atoms with Crippen LogP contribution < -0.4 is 10.6 Å². The van der Waals surface area contributed by atoms with Crippen molar-refractivity contribution in [2.45, 2.75) is 33.2 Å². The lowest BCUT2D eigenvalue weighted by Crippen LogP contribution is -2.47. The number of carbonyl (C=O) groups excluding carboxylic acids is 2. The largest absolute Gasteiger partial charge is 0.340 e. The van der Waals surface area contributed by atoms with Gasteiger partial charge in [-0.25, -0.2) is 4.39 Å². The summed E-state index contributed by atoms with van der Waals surface area (Å²) in [5.74, 6) is -1.69. The molecule has 2 aromatic rings. The molecule has 0 aromatic heterocycles. The van der Waals surface area contributed by atoms with Crippen molar-refractivity contribution in [3.05, 3.63) is 65.5 Å². The van der Waals surface area contributed by atoms with E-state index in [0.717, 1.165) is 12.0 Å². The van der Waals surface area contributed by atoms with Gasteiger partial charge in [0.2, 0.25) is 5.91 Å². The summed E-state index contributed by atoms with van der Waals surface area (Å²) >= 11 is 0. The highest BCUT2D eigenvalue weighted by atomic mass is 19.1. The van der Waals surface area contributed by atoms with Gasteiger partial charge in [0.1, 0.15) is 11.9 Å². The molecular formula is C20H23FN2O2. The second kappa shape index (κ2) is 8.42. The van der Waals surface area contributed by atoms with Gasteiger partial charge in [0.15, 0.2) is 0 Å². The van der Waals surface area contributed by atoms with Gasteiger partial charge in [0, 0.05) is 5.69 Å². The molecule has 0 aliphatic rings. The molecule has 0 heterocycles. The number of aryl methyl sites for hydroxylation is 1. The number of rotatable bonds is 6. The highest BCUT2D eigenvalue weighted by Crippen LogP contribution is 2.14. The molecule has 1 atom stereocenters. The second-order valence-electron chi connectivity index (χ2n) is 6.22. The summed E-state index contributed by atoms with van der Waals surface area (Å²) in [5.41, 5.74) is 1.71. The van der Waals surface area contributed by atoms with Crippen LogP contribution in [0.15, 0.2) is 48.5 Å². The first kappa shape index (κ1) is 18.6. The molecule has 0 spiro atoms. The number of carbonyl (C=O) groups is 2. The molecule has 0 aliphatic heterocycles. The van der Waals surface area contributed by atoms with E-state index in [1.54, 1.807) is 12.1 Å². The number of halogens is 1. The summed E-state index contributed by atoms with van der Waals surface area (Å²) in [6.07, 6.45) is 0.862. The molecule has 132 valence electrons. The van der Waals surface area contributed by atoms with E-state index in [-0.39, 0.29) is 17.4 Å². The monoisotopic (exact) mass is 342 g/mol. The number of hydrogen-bond donors (Lipinski definition) is 2. The zero-order valence-corrected chi connectivity index (χ0v) is 14.7. The van der Waals surface area contributed by atoms with E-state index in [1.807, 2.05) is 39.0 Å². The van der Waals surface area contributed by atoms with Crippen molar-refractivity contribution in [1.82, 2.24) is 5.32 Å². The van der Waals surface area contributed by atoms with Gasteiger partial charge in [-0.3, -0.25) is 9.59 Å². The lowest BCUT2D eigenvalue weighted by molar-refractivity contribution is -0.118. The van der Waals surface area contributed by atoms with Gasteiger partial charge >= 0.3 is 0 Å². The number of anilines is 1. The number of hydrogen-bond acceptors (Lipinski definition) is 2. The zero-order chi connectivity index (χ0) is 18.4. The highest BCUT2D eigenvalue weighted by Gasteiger charge is 2.25. The molecule has 0 aliphatic carbocycles. The van der Waals surface area contributed by atoms with Gasteiger partial charge in [-0.15, -0.1) is 0 Å². The molecule has 0 saturated heterocycles. The predicted molar refractivity (Wildman–Crippen MR) is 96.9 cm³/mol. The molecule has 0 bridgehead atoms. The van der Waals surface area contributed by atoms with Gasteiger partial charge in [0.05, 0.1) is 5.56 Å². The molecule has 4 nitrogen and oxygen atoms in total. The van der Waals surface area contributed by atoms with E-state index >= 15 is 0 Å². The SMILES string of the molecule is CCc1cccc(NC(=O)C(NC(=O)c2ccccc2F)C(C)C)c1. The topological polar surface area (TPSA) is 58.2 Å². The summed E-state index contributed by atoms with van der Waals surface area (Å²) in [6.45, 7) is 5.69. The summed E-state index contributed by atoms with van der Waals surface area (Å²) < 4.78 is 13.8. The summed E-state index contributed by atoms with van der Waals surface area (Å²) in [6, 6.07) is 12.5. The van der Waals surface area contributed by atoms with E-state index in [1.165, 1.54) is 18.2 Å². The van der Waals surface area contributed by atoms with E-state index < -0.39 is 17.8 Å². The number of amides is 2. The van der Waals surface area contributed by atoms with Crippen LogP contribution in [0.1, 0.15) is 36.7 Å². The lowest BCUT2D eigenvalue weighted by atomic mass is 10.0. The second-order valence-corrected chi connectivity index (χ2v) is 6.22. The third-order valence-corrected chi connectivity index (χ3v) is 3.96. The average Bonchev–Trinajstić information content (AvgIpc) is 2.59. The molecule has 0 radical (unpaired) electrons. The van der Waals surface area contributed by atoms with Crippen molar-refractivity contribution < 1.29 is 14.0 Å². The van der Waals surface area contributed by atoms with Crippen molar-refractivity contribution in [2.24, 2.45) is 5.92 Å². The van der Waals surface area contributed by atoms with E-state index in [0.29, 0.717) is 5.69 Å². The van der Waals surface area contributed by atoms with Crippen molar-refractivity contribution in [3.63, 3.8) is 0 Å². The van der Waals surface area contributed by atoms with E-state index in [2.05, 4.69) is 10.6 Å². The summed E-state index contributed by atoms with van der Waals surface area (Å²) in [4.78, 5) is 24.9. The maximum atomic E-state index is 13.8. The first-order chi connectivity index (χ1) is 11.9. The minimum Gasteiger partial charge on any atom is -0.340 e. The van der Waals surface area contributed by atoms with E-state index in [9.17, 15) is 14.0 Å². The maximum absolute atomic E-state index is 13.8. The fraction of sp³-hybridized carbons (Fsp3) is 0.300. The smallest absolute Gasteiger partial charge is 0.254 e. The Balaban J connectivity index is 2.13. The third kappa shape index (κ3) is 4.89. The van der Waals surface area contributed by atoms with Crippen LogP contribution in [0.2, 0.25) is 0 Å². The highest BCUT2D eigenvalue weighted by molar-refractivity contribution is 6.01. The van der Waals surface area contributed by atoms with Crippen LogP contribution in [-0.4, -0.2) is 17.9 Å². The standard InChI is InChI=1S/C20H23FN2O2/c1-4-14-8-7-9-15(12-14)22-20(25)18(13(2)3)23-19(24)16-10-5-6-11-17(16)21/h5-13,18H,4H2,1-3H3,(H,22,25)(H,23,24). The van der Waals surface area contributed by atoms with Crippen molar-refractivity contribution in [3.8, 4) is 0 Å². The lowest BCUT2D eigenvalue weighted by Gasteiger charge is -2.22. The minimum absolute atomic E-state index is 0.0751. The molecule has 0 fully saturated rings. The average molecular weight is 342 g/mol. The van der Waals surface area contributed by atoms with Gasteiger partial charge in [-0.1, -0.05) is 45.0 Å². The Bertz CT molecular complexity index is 759. The van der Waals surface area contributed by atoms with Crippen LogP contribution in [0.4, 0.5) is 10.1 Å². The van der Waals surface area contributed by atoms with E-state index in [4.69, 9.17) is 0 Å². The minimum atomic E-state index is -0.766. The van der Waals surface area contributed by atoms with Crippen molar-refractivity contribution in [1.29, 1.82) is 0 Å². The Morgan fingerprint density at radius 2 is 1.80 bits per heavy atom. The van der Waals surface area contributed by atoms with Crippen LogP contribution in [-0.2, 0) is 11.2 Å². The molecule has 2 amide bonds.